The van der Waals surface area contributed by atoms with Gasteiger partial charge in [-0.3, -0.25) is 4.79 Å². The highest BCUT2D eigenvalue weighted by Gasteiger charge is 2.14. The molecule has 3 aromatic carbocycles. The number of nitrogens with zero attached hydrogens (tertiary/aromatic N) is 1. The van der Waals surface area contributed by atoms with Gasteiger partial charge in [0.2, 0.25) is 5.89 Å². The summed E-state index contributed by atoms with van der Waals surface area (Å²) in [4.78, 5) is 17.1. The van der Waals surface area contributed by atoms with Crippen LogP contribution in [0.25, 0.3) is 22.6 Å². The van der Waals surface area contributed by atoms with E-state index >= 15 is 0 Å². The zero-order chi connectivity index (χ0) is 20.5. The minimum atomic E-state index is -0.330. The predicted molar refractivity (Wildman–Crippen MR) is 121 cm³/mol. The van der Waals surface area contributed by atoms with E-state index in [1.807, 2.05) is 24.3 Å². The average Bonchev–Trinajstić information content (AvgIpc) is 3.15. The van der Waals surface area contributed by atoms with E-state index in [1.165, 1.54) is 11.6 Å². The molecular weight excluding hydrogens is 475 g/mol. The molecule has 0 saturated heterocycles. The molecule has 146 valence electrons. The summed E-state index contributed by atoms with van der Waals surface area (Å²) in [6, 6.07) is 16.1. The second-order valence-corrected chi connectivity index (χ2v) is 8.15. The van der Waals surface area contributed by atoms with Crippen molar-refractivity contribution in [3.05, 3.63) is 80.2 Å². The molecule has 4 nitrogen and oxygen atoms in total. The third kappa shape index (κ3) is 4.17. The summed E-state index contributed by atoms with van der Waals surface area (Å²) in [7, 11) is 0. The molecule has 0 saturated carbocycles. The topological polar surface area (TPSA) is 55.1 Å². The summed E-state index contributed by atoms with van der Waals surface area (Å²) in [6.07, 6.45) is 0.918. The summed E-state index contributed by atoms with van der Waals surface area (Å²) in [5.74, 6) is 0.188. The Morgan fingerprint density at radius 2 is 1.86 bits per heavy atom. The van der Waals surface area contributed by atoms with Gasteiger partial charge >= 0.3 is 0 Å². The SMILES string of the molecule is CCc1cc(Br)c2oc(-c3ccc(NC(=O)c4cc(Cl)ccc4Cl)cc3)nc2c1. The molecule has 4 aromatic rings. The quantitative estimate of drug-likeness (QED) is 0.325. The summed E-state index contributed by atoms with van der Waals surface area (Å²) < 4.78 is 6.81. The highest BCUT2D eigenvalue weighted by atomic mass is 79.9. The Hall–Kier alpha value is -2.34. The van der Waals surface area contributed by atoms with Gasteiger partial charge in [-0.25, -0.2) is 4.98 Å². The van der Waals surface area contributed by atoms with Gasteiger partial charge in [-0.1, -0.05) is 30.1 Å². The zero-order valence-corrected chi connectivity index (χ0v) is 18.4. The van der Waals surface area contributed by atoms with E-state index in [4.69, 9.17) is 27.6 Å². The van der Waals surface area contributed by atoms with Crippen molar-refractivity contribution in [3.8, 4) is 11.5 Å². The molecule has 0 aliphatic heterocycles. The van der Waals surface area contributed by atoms with Crippen LogP contribution in [0.3, 0.4) is 0 Å². The van der Waals surface area contributed by atoms with Crippen LogP contribution >= 0.6 is 39.1 Å². The van der Waals surface area contributed by atoms with Gasteiger partial charge in [0, 0.05) is 16.3 Å². The number of benzene rings is 3. The summed E-state index contributed by atoms with van der Waals surface area (Å²) in [5, 5.41) is 3.60. The molecule has 1 N–H and O–H groups in total. The Bertz CT molecular complexity index is 1220. The number of aromatic nitrogens is 1. The lowest BCUT2D eigenvalue weighted by atomic mass is 10.1. The molecule has 1 aromatic heterocycles. The second-order valence-electron chi connectivity index (χ2n) is 6.45. The number of amides is 1. The zero-order valence-electron chi connectivity index (χ0n) is 15.3. The van der Waals surface area contributed by atoms with Crippen LogP contribution in [0.4, 0.5) is 5.69 Å². The summed E-state index contributed by atoms with van der Waals surface area (Å²) >= 11 is 15.6. The van der Waals surface area contributed by atoms with Gasteiger partial charge < -0.3 is 9.73 Å². The standard InChI is InChI=1S/C22H15BrCl2N2O2/c1-2-12-9-17(23)20-19(10-12)27-22(29-20)13-3-6-15(7-4-13)26-21(28)16-11-14(24)5-8-18(16)25/h3-11H,2H2,1H3,(H,26,28). The normalized spacial score (nSPS) is 11.0. The number of carbonyl (C=O) groups is 1. The van der Waals surface area contributed by atoms with Crippen LogP contribution in [-0.2, 0) is 6.42 Å². The predicted octanol–water partition coefficient (Wildman–Crippen LogP) is 7.38. The van der Waals surface area contributed by atoms with Crippen LogP contribution in [-0.4, -0.2) is 10.9 Å². The van der Waals surface area contributed by atoms with Gasteiger partial charge in [0.1, 0.15) is 5.52 Å². The van der Waals surface area contributed by atoms with Crippen molar-refractivity contribution in [3.63, 3.8) is 0 Å². The van der Waals surface area contributed by atoms with Crippen molar-refractivity contribution >= 4 is 61.8 Å². The number of nitrogens with one attached hydrogen (secondary N) is 1. The lowest BCUT2D eigenvalue weighted by Crippen LogP contribution is -2.12. The highest BCUT2D eigenvalue weighted by Crippen LogP contribution is 2.31. The molecule has 0 atom stereocenters. The highest BCUT2D eigenvalue weighted by molar-refractivity contribution is 9.10. The van der Waals surface area contributed by atoms with E-state index in [9.17, 15) is 4.79 Å². The smallest absolute Gasteiger partial charge is 0.257 e. The molecule has 0 fully saturated rings. The van der Waals surface area contributed by atoms with Crippen LogP contribution in [0.15, 0.2) is 63.5 Å². The monoisotopic (exact) mass is 488 g/mol. The third-order valence-corrected chi connectivity index (χ3v) is 5.63. The van der Waals surface area contributed by atoms with Crippen molar-refractivity contribution in [2.45, 2.75) is 13.3 Å². The van der Waals surface area contributed by atoms with Crippen LogP contribution in [0.2, 0.25) is 10.0 Å². The average molecular weight is 490 g/mol. The van der Waals surface area contributed by atoms with E-state index < -0.39 is 0 Å². The van der Waals surface area contributed by atoms with E-state index in [1.54, 1.807) is 24.3 Å². The van der Waals surface area contributed by atoms with Gasteiger partial charge in [-0.15, -0.1) is 0 Å². The number of hydrogen-bond donors (Lipinski definition) is 1. The number of rotatable bonds is 4. The number of halogens is 3. The van der Waals surface area contributed by atoms with E-state index in [0.29, 0.717) is 32.8 Å². The number of hydrogen-bond acceptors (Lipinski definition) is 3. The van der Waals surface area contributed by atoms with Crippen LogP contribution in [0.1, 0.15) is 22.8 Å². The first-order valence-corrected chi connectivity index (χ1v) is 10.5. The van der Waals surface area contributed by atoms with Gasteiger partial charge in [-0.05, 0) is 82.5 Å². The maximum absolute atomic E-state index is 12.5. The maximum Gasteiger partial charge on any atom is 0.257 e. The van der Waals surface area contributed by atoms with Crippen molar-refractivity contribution in [2.24, 2.45) is 0 Å². The molecule has 29 heavy (non-hydrogen) atoms. The molecule has 1 amide bonds. The second kappa shape index (κ2) is 8.19. The van der Waals surface area contributed by atoms with Gasteiger partial charge in [0.25, 0.3) is 5.91 Å². The Kier molecular flexibility index (Phi) is 5.63. The van der Waals surface area contributed by atoms with Crippen LogP contribution < -0.4 is 5.32 Å². The van der Waals surface area contributed by atoms with Crippen LogP contribution in [0, 0.1) is 0 Å². The number of fused-ring (bicyclic) bond motifs is 1. The molecule has 1 heterocycles. The number of anilines is 1. The first kappa shape index (κ1) is 20.0. The van der Waals surface area contributed by atoms with Gasteiger partial charge in [0.15, 0.2) is 5.58 Å². The molecule has 0 aliphatic carbocycles. The lowest BCUT2D eigenvalue weighted by molar-refractivity contribution is 0.102. The molecule has 0 aliphatic rings. The Morgan fingerprint density at radius 3 is 2.59 bits per heavy atom. The van der Waals surface area contributed by atoms with Gasteiger partial charge in [0.05, 0.1) is 15.1 Å². The molecule has 0 bridgehead atoms. The molecule has 0 spiro atoms. The minimum Gasteiger partial charge on any atom is -0.435 e. The fourth-order valence-electron chi connectivity index (χ4n) is 2.94. The molecule has 4 rings (SSSR count). The van der Waals surface area contributed by atoms with E-state index in [2.05, 4.69) is 33.2 Å². The first-order chi connectivity index (χ1) is 13.9. The van der Waals surface area contributed by atoms with E-state index in [-0.39, 0.29) is 5.91 Å². The molecule has 7 heteroatoms. The summed E-state index contributed by atoms with van der Waals surface area (Å²) in [5.41, 5.74) is 4.45. The Morgan fingerprint density at radius 1 is 1.10 bits per heavy atom. The fraction of sp³-hybridized carbons (Fsp3) is 0.0909. The lowest BCUT2D eigenvalue weighted by Gasteiger charge is -2.07. The molecule has 0 radical (unpaired) electrons. The van der Waals surface area contributed by atoms with E-state index in [0.717, 1.165) is 22.0 Å². The van der Waals surface area contributed by atoms with Crippen molar-refractivity contribution < 1.29 is 9.21 Å². The number of carbonyl (C=O) groups excluding carboxylic acids is 1. The summed E-state index contributed by atoms with van der Waals surface area (Å²) in [6.45, 7) is 2.10. The van der Waals surface area contributed by atoms with Crippen molar-refractivity contribution in [1.82, 2.24) is 4.98 Å². The maximum atomic E-state index is 12.5. The molecule has 0 unspecified atom stereocenters. The van der Waals surface area contributed by atoms with Crippen LogP contribution in [0.5, 0.6) is 0 Å². The van der Waals surface area contributed by atoms with Crippen molar-refractivity contribution in [2.75, 3.05) is 5.32 Å². The minimum absolute atomic E-state index is 0.318. The first-order valence-electron chi connectivity index (χ1n) is 8.90. The third-order valence-electron chi connectivity index (χ3n) is 4.48. The largest absolute Gasteiger partial charge is 0.435 e. The molecular formula is C22H15BrCl2N2O2. The number of aryl methyl sites for hydroxylation is 1. The number of oxazole rings is 1. The van der Waals surface area contributed by atoms with Crippen molar-refractivity contribution in [1.29, 1.82) is 0 Å². The fourth-order valence-corrected chi connectivity index (χ4v) is 3.89. The Balaban J connectivity index is 1.58. The van der Waals surface area contributed by atoms with Gasteiger partial charge in [-0.2, -0.15) is 0 Å². The Labute approximate surface area is 186 Å².